The monoisotopic (exact) mass is 157 g/mol. The number of nitrogens with zero attached hydrogens (tertiary/aromatic N) is 1. The summed E-state index contributed by atoms with van der Waals surface area (Å²) in [6, 6.07) is 0. The molecule has 0 saturated carbocycles. The van der Waals surface area contributed by atoms with E-state index < -0.39 is 5.95 Å². The van der Waals surface area contributed by atoms with Crippen LogP contribution in [0.25, 0.3) is 0 Å². The Morgan fingerprint density at radius 3 is 2.73 bits per heavy atom. The molecule has 1 N–H and O–H groups in total. The number of methoxy groups -OCH3 is 1. The molecule has 0 atom stereocenters. The molecule has 3 nitrogen and oxygen atoms in total. The van der Waals surface area contributed by atoms with E-state index in [0.717, 1.165) is 0 Å². The standard InChI is InChI=1S/C7H8FNO2/c1-4-3-9-7(8)6(11-2)5(4)10/h3H,1-2H3,(H,9,10). The highest BCUT2D eigenvalue weighted by Crippen LogP contribution is 2.29. The van der Waals surface area contributed by atoms with Gasteiger partial charge in [0.15, 0.2) is 5.75 Å². The molecule has 0 bridgehead atoms. The molecule has 0 fully saturated rings. The molecule has 11 heavy (non-hydrogen) atoms. The Kier molecular flexibility index (Phi) is 1.94. The van der Waals surface area contributed by atoms with E-state index in [4.69, 9.17) is 0 Å². The number of aryl methyl sites for hydroxylation is 1. The number of aromatic nitrogens is 1. The van der Waals surface area contributed by atoms with Crippen molar-refractivity contribution < 1.29 is 14.2 Å². The van der Waals surface area contributed by atoms with E-state index in [0.29, 0.717) is 5.56 Å². The number of hydrogen-bond acceptors (Lipinski definition) is 3. The van der Waals surface area contributed by atoms with E-state index in [2.05, 4.69) is 9.72 Å². The number of ether oxygens (including phenoxy) is 1. The summed E-state index contributed by atoms with van der Waals surface area (Å²) in [5.74, 6) is -1.19. The number of rotatable bonds is 1. The third kappa shape index (κ3) is 1.24. The summed E-state index contributed by atoms with van der Waals surface area (Å²) in [6.07, 6.45) is 1.24. The van der Waals surface area contributed by atoms with Gasteiger partial charge in [-0.15, -0.1) is 0 Å². The van der Waals surface area contributed by atoms with Gasteiger partial charge in [0.05, 0.1) is 7.11 Å². The summed E-state index contributed by atoms with van der Waals surface area (Å²) in [5.41, 5.74) is 0.489. The van der Waals surface area contributed by atoms with Crippen molar-refractivity contribution >= 4 is 0 Å². The van der Waals surface area contributed by atoms with Crippen LogP contribution in [-0.2, 0) is 0 Å². The Morgan fingerprint density at radius 1 is 1.64 bits per heavy atom. The van der Waals surface area contributed by atoms with Crippen molar-refractivity contribution in [2.24, 2.45) is 0 Å². The van der Waals surface area contributed by atoms with Gasteiger partial charge in [0.1, 0.15) is 0 Å². The van der Waals surface area contributed by atoms with E-state index in [1.54, 1.807) is 6.92 Å². The van der Waals surface area contributed by atoms with Crippen LogP contribution in [-0.4, -0.2) is 17.2 Å². The normalized spacial score (nSPS) is 9.73. The second-order valence-corrected chi connectivity index (χ2v) is 2.11. The van der Waals surface area contributed by atoms with Crippen LogP contribution in [0.3, 0.4) is 0 Å². The molecule has 0 aliphatic rings. The smallest absolute Gasteiger partial charge is 0.259 e. The molecular formula is C7H8FNO2. The van der Waals surface area contributed by atoms with Gasteiger partial charge >= 0.3 is 0 Å². The Morgan fingerprint density at radius 2 is 2.27 bits per heavy atom. The molecule has 1 heterocycles. The predicted molar refractivity (Wildman–Crippen MR) is 37.1 cm³/mol. The van der Waals surface area contributed by atoms with Crippen LogP contribution in [0, 0.1) is 12.9 Å². The van der Waals surface area contributed by atoms with E-state index in [9.17, 15) is 9.50 Å². The highest BCUT2D eigenvalue weighted by Gasteiger charge is 2.11. The quantitative estimate of drug-likeness (QED) is 0.623. The molecule has 0 aliphatic carbocycles. The van der Waals surface area contributed by atoms with Crippen LogP contribution in [0.5, 0.6) is 11.5 Å². The average molecular weight is 157 g/mol. The molecule has 1 rings (SSSR count). The maximum absolute atomic E-state index is 12.6. The van der Waals surface area contributed by atoms with Crippen LogP contribution in [0.4, 0.5) is 4.39 Å². The zero-order valence-corrected chi connectivity index (χ0v) is 6.26. The molecule has 0 saturated heterocycles. The largest absolute Gasteiger partial charge is 0.504 e. The maximum atomic E-state index is 12.6. The van der Waals surface area contributed by atoms with Crippen LogP contribution < -0.4 is 4.74 Å². The first-order chi connectivity index (χ1) is 5.16. The van der Waals surface area contributed by atoms with Crippen LogP contribution in [0.15, 0.2) is 6.20 Å². The Hall–Kier alpha value is -1.32. The van der Waals surface area contributed by atoms with Gasteiger partial charge in [-0.05, 0) is 6.92 Å². The predicted octanol–water partition coefficient (Wildman–Crippen LogP) is 1.24. The fourth-order valence-corrected chi connectivity index (χ4v) is 0.731. The first kappa shape index (κ1) is 7.78. The van der Waals surface area contributed by atoms with Crippen molar-refractivity contribution in [3.8, 4) is 11.5 Å². The van der Waals surface area contributed by atoms with Gasteiger partial charge in [0.2, 0.25) is 5.75 Å². The van der Waals surface area contributed by atoms with Gasteiger partial charge in [0, 0.05) is 11.8 Å². The Bertz CT molecular complexity index is 275. The summed E-state index contributed by atoms with van der Waals surface area (Å²) in [4.78, 5) is 3.36. The lowest BCUT2D eigenvalue weighted by molar-refractivity contribution is 0.342. The third-order valence-corrected chi connectivity index (χ3v) is 1.35. The molecule has 1 aromatic heterocycles. The van der Waals surface area contributed by atoms with E-state index >= 15 is 0 Å². The second kappa shape index (κ2) is 2.74. The molecule has 60 valence electrons. The summed E-state index contributed by atoms with van der Waals surface area (Å²) in [6.45, 7) is 1.62. The minimum Gasteiger partial charge on any atom is -0.504 e. The number of pyridine rings is 1. The Labute approximate surface area is 63.5 Å². The SMILES string of the molecule is COc1c(F)ncc(C)c1O. The number of hydrogen-bond donors (Lipinski definition) is 1. The van der Waals surface area contributed by atoms with Gasteiger partial charge in [-0.3, -0.25) is 0 Å². The molecule has 0 spiro atoms. The lowest BCUT2D eigenvalue weighted by Crippen LogP contribution is -1.93. The van der Waals surface area contributed by atoms with Crippen molar-refractivity contribution in [2.75, 3.05) is 7.11 Å². The zero-order chi connectivity index (χ0) is 8.43. The lowest BCUT2D eigenvalue weighted by Gasteiger charge is -2.04. The molecule has 1 aromatic rings. The van der Waals surface area contributed by atoms with E-state index in [1.807, 2.05) is 0 Å². The molecule has 0 aromatic carbocycles. The van der Waals surface area contributed by atoms with Crippen LogP contribution in [0.1, 0.15) is 5.56 Å². The number of halogens is 1. The summed E-state index contributed by atoms with van der Waals surface area (Å²) in [5, 5.41) is 9.17. The summed E-state index contributed by atoms with van der Waals surface area (Å²) in [7, 11) is 1.28. The van der Waals surface area contributed by atoms with Gasteiger partial charge < -0.3 is 9.84 Å². The first-order valence-corrected chi connectivity index (χ1v) is 3.05. The van der Waals surface area contributed by atoms with E-state index in [1.165, 1.54) is 13.3 Å². The van der Waals surface area contributed by atoms with E-state index in [-0.39, 0.29) is 11.5 Å². The zero-order valence-electron chi connectivity index (χ0n) is 6.26. The minimum atomic E-state index is -0.796. The first-order valence-electron chi connectivity index (χ1n) is 3.05. The van der Waals surface area contributed by atoms with Crippen LogP contribution >= 0.6 is 0 Å². The molecule has 0 radical (unpaired) electrons. The molecule has 0 amide bonds. The highest BCUT2D eigenvalue weighted by molar-refractivity contribution is 5.42. The molecule has 0 aliphatic heterocycles. The third-order valence-electron chi connectivity index (χ3n) is 1.35. The van der Waals surface area contributed by atoms with Crippen molar-refractivity contribution in [1.82, 2.24) is 4.98 Å². The Balaban J connectivity index is 3.29. The van der Waals surface area contributed by atoms with Gasteiger partial charge in [-0.1, -0.05) is 0 Å². The van der Waals surface area contributed by atoms with Crippen LogP contribution in [0.2, 0.25) is 0 Å². The summed E-state index contributed by atoms with van der Waals surface area (Å²) >= 11 is 0. The highest BCUT2D eigenvalue weighted by atomic mass is 19.1. The fraction of sp³-hybridized carbons (Fsp3) is 0.286. The topological polar surface area (TPSA) is 42.4 Å². The number of aromatic hydroxyl groups is 1. The molecular weight excluding hydrogens is 149 g/mol. The average Bonchev–Trinajstić information content (AvgIpc) is 1.99. The maximum Gasteiger partial charge on any atom is 0.259 e. The molecule has 0 unspecified atom stereocenters. The minimum absolute atomic E-state index is 0.194. The van der Waals surface area contributed by atoms with Crippen molar-refractivity contribution in [3.05, 3.63) is 17.7 Å². The fourth-order valence-electron chi connectivity index (χ4n) is 0.731. The van der Waals surface area contributed by atoms with Gasteiger partial charge in [0.25, 0.3) is 5.95 Å². The van der Waals surface area contributed by atoms with Crippen molar-refractivity contribution in [1.29, 1.82) is 0 Å². The van der Waals surface area contributed by atoms with Crippen molar-refractivity contribution in [3.63, 3.8) is 0 Å². The second-order valence-electron chi connectivity index (χ2n) is 2.11. The van der Waals surface area contributed by atoms with Crippen molar-refractivity contribution in [2.45, 2.75) is 6.92 Å². The van der Waals surface area contributed by atoms with Gasteiger partial charge in [-0.25, -0.2) is 4.98 Å². The molecule has 4 heteroatoms. The summed E-state index contributed by atoms with van der Waals surface area (Å²) < 4.78 is 17.2. The lowest BCUT2D eigenvalue weighted by atomic mass is 10.3. The van der Waals surface area contributed by atoms with Gasteiger partial charge in [-0.2, -0.15) is 4.39 Å².